The number of likely N-dealkylation sites (tertiary alicyclic amines) is 1. The maximum Gasteiger partial charge on any atom is 0.269 e. The molecule has 0 bridgehead atoms. The van der Waals surface area contributed by atoms with Gasteiger partial charge in [-0.3, -0.25) is 19.8 Å². The number of nitro groups is 1. The Balaban J connectivity index is 1.43. The lowest BCUT2D eigenvalue weighted by molar-refractivity contribution is -0.384. The maximum absolute atomic E-state index is 12.2. The van der Waals surface area contributed by atoms with Crippen LogP contribution in [-0.4, -0.2) is 35.0 Å². The van der Waals surface area contributed by atoms with Crippen molar-refractivity contribution in [3.63, 3.8) is 0 Å². The van der Waals surface area contributed by atoms with Gasteiger partial charge in [0.25, 0.3) is 5.69 Å². The molecule has 7 nitrogen and oxygen atoms in total. The quantitative estimate of drug-likeness (QED) is 0.480. The van der Waals surface area contributed by atoms with Crippen molar-refractivity contribution in [1.82, 2.24) is 10.3 Å². The van der Waals surface area contributed by atoms with Crippen LogP contribution in [0.15, 0.2) is 46.9 Å². The van der Waals surface area contributed by atoms with E-state index in [9.17, 15) is 14.9 Å². The molecule has 1 fully saturated rings. The third-order valence-corrected chi connectivity index (χ3v) is 5.23. The molecule has 0 radical (unpaired) electrons. The minimum absolute atomic E-state index is 0.0244. The molecule has 1 N–H and O–H groups in total. The third-order valence-electron chi connectivity index (χ3n) is 4.42. The van der Waals surface area contributed by atoms with Crippen LogP contribution in [0.4, 0.5) is 5.69 Å². The van der Waals surface area contributed by atoms with E-state index in [0.29, 0.717) is 0 Å². The highest BCUT2D eigenvalue weighted by molar-refractivity contribution is 7.11. The minimum Gasteiger partial charge on any atom is -0.299 e. The van der Waals surface area contributed by atoms with Gasteiger partial charge in [0.2, 0.25) is 5.91 Å². The predicted molar refractivity (Wildman–Crippen MR) is 101 cm³/mol. The van der Waals surface area contributed by atoms with Crippen molar-refractivity contribution in [1.29, 1.82) is 0 Å². The molecule has 1 aliphatic rings. The summed E-state index contributed by atoms with van der Waals surface area (Å²) < 4.78 is 0. The first-order valence-electron chi connectivity index (χ1n) is 8.44. The third kappa shape index (κ3) is 4.96. The Morgan fingerprint density at radius 1 is 1.31 bits per heavy atom. The van der Waals surface area contributed by atoms with Crippen molar-refractivity contribution >= 4 is 29.1 Å². The Kier molecular flexibility index (Phi) is 6.08. The topological polar surface area (TPSA) is 87.8 Å². The summed E-state index contributed by atoms with van der Waals surface area (Å²) in [6.07, 6.45) is 3.23. The standard InChI is InChI=1S/C18H20N4O3S/c23-18(20-19-12-17-2-1-11-26-17)15-7-9-21(10-8-15)13-14-3-5-16(6-4-14)22(24)25/h1-6,11-12,15H,7-10,13H2,(H,20,23)/b19-12-. The van der Waals surface area contributed by atoms with Crippen molar-refractivity contribution in [2.75, 3.05) is 13.1 Å². The van der Waals surface area contributed by atoms with Crippen LogP contribution in [0.2, 0.25) is 0 Å². The first-order chi connectivity index (χ1) is 12.6. The van der Waals surface area contributed by atoms with Crippen molar-refractivity contribution in [3.05, 3.63) is 62.3 Å². The number of carbonyl (C=O) groups is 1. The fraction of sp³-hybridized carbons (Fsp3) is 0.333. The lowest BCUT2D eigenvalue weighted by Gasteiger charge is -2.30. The Bertz CT molecular complexity index is 766. The summed E-state index contributed by atoms with van der Waals surface area (Å²) in [5, 5.41) is 16.7. The summed E-state index contributed by atoms with van der Waals surface area (Å²) in [7, 11) is 0. The zero-order chi connectivity index (χ0) is 18.4. The van der Waals surface area contributed by atoms with E-state index in [1.807, 2.05) is 17.5 Å². The van der Waals surface area contributed by atoms with Gasteiger partial charge in [-0.05, 0) is 42.9 Å². The molecule has 1 aromatic heterocycles. The molecule has 136 valence electrons. The first-order valence-corrected chi connectivity index (χ1v) is 9.32. The van der Waals surface area contributed by atoms with Crippen LogP contribution in [0.5, 0.6) is 0 Å². The molecule has 1 saturated heterocycles. The van der Waals surface area contributed by atoms with Gasteiger partial charge in [-0.2, -0.15) is 5.10 Å². The van der Waals surface area contributed by atoms with Crippen LogP contribution in [0.3, 0.4) is 0 Å². The molecule has 0 aliphatic carbocycles. The van der Waals surface area contributed by atoms with Gasteiger partial charge < -0.3 is 0 Å². The van der Waals surface area contributed by atoms with E-state index < -0.39 is 4.92 Å². The van der Waals surface area contributed by atoms with Crippen molar-refractivity contribution in [2.45, 2.75) is 19.4 Å². The second-order valence-electron chi connectivity index (χ2n) is 6.22. The second-order valence-corrected chi connectivity index (χ2v) is 7.20. The van der Waals surface area contributed by atoms with E-state index in [0.717, 1.165) is 42.9 Å². The predicted octanol–water partition coefficient (Wildman–Crippen LogP) is 3.02. The molecular weight excluding hydrogens is 352 g/mol. The Morgan fingerprint density at radius 3 is 2.65 bits per heavy atom. The molecule has 1 aromatic carbocycles. The average molecular weight is 372 g/mol. The number of carbonyl (C=O) groups excluding carboxylic acids is 1. The molecular formula is C18H20N4O3S. The zero-order valence-electron chi connectivity index (χ0n) is 14.2. The Hall–Kier alpha value is -2.58. The van der Waals surface area contributed by atoms with Gasteiger partial charge in [-0.15, -0.1) is 11.3 Å². The second kappa shape index (κ2) is 8.68. The van der Waals surface area contributed by atoms with Crippen molar-refractivity contribution in [3.8, 4) is 0 Å². The van der Waals surface area contributed by atoms with Gasteiger partial charge in [0.1, 0.15) is 0 Å². The summed E-state index contributed by atoms with van der Waals surface area (Å²) in [4.78, 5) is 25.8. The highest BCUT2D eigenvalue weighted by Crippen LogP contribution is 2.20. The van der Waals surface area contributed by atoms with Crippen LogP contribution < -0.4 is 5.43 Å². The number of hydrogen-bond donors (Lipinski definition) is 1. The Labute approximate surface area is 155 Å². The number of piperidine rings is 1. The molecule has 0 saturated carbocycles. The highest BCUT2D eigenvalue weighted by atomic mass is 32.1. The molecule has 2 heterocycles. The summed E-state index contributed by atoms with van der Waals surface area (Å²) in [6.45, 7) is 2.39. The molecule has 1 aliphatic heterocycles. The number of nitrogens with zero attached hydrogens (tertiary/aromatic N) is 3. The normalized spacial score (nSPS) is 16.0. The number of non-ortho nitro benzene ring substituents is 1. The van der Waals surface area contributed by atoms with E-state index >= 15 is 0 Å². The number of hydrogen-bond acceptors (Lipinski definition) is 6. The van der Waals surface area contributed by atoms with Crippen LogP contribution in [0.25, 0.3) is 0 Å². The minimum atomic E-state index is -0.394. The molecule has 2 aromatic rings. The first kappa shape index (κ1) is 18.2. The molecule has 8 heteroatoms. The number of hydrazone groups is 1. The van der Waals surface area contributed by atoms with Crippen LogP contribution in [0.1, 0.15) is 23.3 Å². The fourth-order valence-corrected chi connectivity index (χ4v) is 3.54. The smallest absolute Gasteiger partial charge is 0.269 e. The lowest BCUT2D eigenvalue weighted by Crippen LogP contribution is -2.39. The van der Waals surface area contributed by atoms with Gasteiger partial charge in [-0.1, -0.05) is 18.2 Å². The van der Waals surface area contributed by atoms with E-state index in [1.165, 1.54) is 12.1 Å². The zero-order valence-corrected chi connectivity index (χ0v) is 15.0. The molecule has 26 heavy (non-hydrogen) atoms. The summed E-state index contributed by atoms with van der Waals surface area (Å²) in [5.74, 6) is -0.0589. The van der Waals surface area contributed by atoms with Crippen LogP contribution in [-0.2, 0) is 11.3 Å². The monoisotopic (exact) mass is 372 g/mol. The molecule has 0 atom stereocenters. The Morgan fingerprint density at radius 2 is 2.04 bits per heavy atom. The molecule has 3 rings (SSSR count). The molecule has 1 amide bonds. The van der Waals surface area contributed by atoms with Gasteiger partial charge in [-0.25, -0.2) is 5.43 Å². The van der Waals surface area contributed by atoms with Crippen LogP contribution >= 0.6 is 11.3 Å². The molecule has 0 spiro atoms. The number of amides is 1. The lowest BCUT2D eigenvalue weighted by atomic mass is 9.96. The number of nitrogens with one attached hydrogen (secondary N) is 1. The van der Waals surface area contributed by atoms with Gasteiger partial charge >= 0.3 is 0 Å². The van der Waals surface area contributed by atoms with Crippen LogP contribution in [0, 0.1) is 16.0 Å². The molecule has 0 unspecified atom stereocenters. The highest BCUT2D eigenvalue weighted by Gasteiger charge is 2.24. The van der Waals surface area contributed by atoms with Gasteiger partial charge in [0.15, 0.2) is 0 Å². The van der Waals surface area contributed by atoms with E-state index in [1.54, 1.807) is 29.7 Å². The summed E-state index contributed by atoms with van der Waals surface area (Å²) in [5.41, 5.74) is 3.77. The SMILES string of the molecule is O=C(N/N=C\c1cccs1)C1CCN(Cc2ccc([N+](=O)[O-])cc2)CC1. The summed E-state index contributed by atoms with van der Waals surface area (Å²) in [6, 6.07) is 10.5. The number of thiophene rings is 1. The van der Waals surface area contributed by atoms with Gasteiger partial charge in [0.05, 0.1) is 11.1 Å². The fourth-order valence-electron chi connectivity index (χ4n) is 2.95. The average Bonchev–Trinajstić information content (AvgIpc) is 3.16. The summed E-state index contributed by atoms with van der Waals surface area (Å²) >= 11 is 1.57. The number of nitro benzene ring substituents is 1. The van der Waals surface area contributed by atoms with E-state index in [2.05, 4.69) is 15.4 Å². The van der Waals surface area contributed by atoms with E-state index in [-0.39, 0.29) is 17.5 Å². The van der Waals surface area contributed by atoms with E-state index in [4.69, 9.17) is 0 Å². The largest absolute Gasteiger partial charge is 0.299 e. The van der Waals surface area contributed by atoms with Crippen molar-refractivity contribution in [2.24, 2.45) is 11.0 Å². The maximum atomic E-state index is 12.2. The number of rotatable bonds is 6. The number of benzene rings is 1. The van der Waals surface area contributed by atoms with Crippen molar-refractivity contribution < 1.29 is 9.72 Å². The van der Waals surface area contributed by atoms with Gasteiger partial charge in [0, 0.05) is 29.5 Å².